The lowest BCUT2D eigenvalue weighted by Gasteiger charge is -2.06. The average molecular weight is 226 g/mol. The van der Waals surface area contributed by atoms with Crippen molar-refractivity contribution in [1.29, 1.82) is 0 Å². The Morgan fingerprint density at radius 2 is 1.93 bits per heavy atom. The molecule has 0 N–H and O–H groups in total. The second kappa shape index (κ2) is 6.14. The summed E-state index contributed by atoms with van der Waals surface area (Å²) < 4.78 is 0. The lowest BCUT2D eigenvalue weighted by Crippen LogP contribution is -1.87. The SMILES string of the molecule is CSc1ccc(CCC=O)cc1SC. The van der Waals surface area contributed by atoms with Gasteiger partial charge in [-0.05, 0) is 36.6 Å². The first kappa shape index (κ1) is 11.7. The number of hydrogen-bond acceptors (Lipinski definition) is 3. The van der Waals surface area contributed by atoms with Gasteiger partial charge in [0, 0.05) is 16.2 Å². The number of carbonyl (C=O) groups excluding carboxylic acids is 1. The number of thioether (sulfide) groups is 2. The third-order valence-corrected chi connectivity index (χ3v) is 3.70. The highest BCUT2D eigenvalue weighted by molar-refractivity contribution is 8.01. The number of benzene rings is 1. The van der Waals surface area contributed by atoms with Gasteiger partial charge in [0.15, 0.2) is 0 Å². The van der Waals surface area contributed by atoms with Crippen molar-refractivity contribution in [2.75, 3.05) is 12.5 Å². The van der Waals surface area contributed by atoms with Gasteiger partial charge in [0.2, 0.25) is 0 Å². The molecule has 0 heterocycles. The molecule has 0 aromatic heterocycles. The summed E-state index contributed by atoms with van der Waals surface area (Å²) in [7, 11) is 0. The highest BCUT2D eigenvalue weighted by Crippen LogP contribution is 2.29. The van der Waals surface area contributed by atoms with Crippen LogP contribution in [-0.2, 0) is 11.2 Å². The van der Waals surface area contributed by atoms with Crippen LogP contribution in [-0.4, -0.2) is 18.8 Å². The first-order valence-corrected chi connectivity index (χ1v) is 6.91. The fourth-order valence-corrected chi connectivity index (χ4v) is 2.76. The van der Waals surface area contributed by atoms with E-state index < -0.39 is 0 Å². The number of hydrogen-bond donors (Lipinski definition) is 0. The van der Waals surface area contributed by atoms with Crippen LogP contribution in [0, 0.1) is 0 Å². The molecule has 0 radical (unpaired) electrons. The quantitative estimate of drug-likeness (QED) is 0.566. The van der Waals surface area contributed by atoms with Crippen LogP contribution in [0.15, 0.2) is 28.0 Å². The van der Waals surface area contributed by atoms with Crippen molar-refractivity contribution >= 4 is 29.8 Å². The predicted octanol–water partition coefficient (Wildman–Crippen LogP) is 3.26. The summed E-state index contributed by atoms with van der Waals surface area (Å²) in [6.45, 7) is 0. The summed E-state index contributed by atoms with van der Waals surface area (Å²) in [5.41, 5.74) is 1.25. The maximum atomic E-state index is 10.2. The molecule has 0 fully saturated rings. The van der Waals surface area contributed by atoms with Gasteiger partial charge in [0.05, 0.1) is 0 Å². The maximum Gasteiger partial charge on any atom is 0.120 e. The van der Waals surface area contributed by atoms with Crippen molar-refractivity contribution in [3.63, 3.8) is 0 Å². The molecule has 0 saturated carbocycles. The van der Waals surface area contributed by atoms with Crippen molar-refractivity contribution in [3.05, 3.63) is 23.8 Å². The van der Waals surface area contributed by atoms with Crippen LogP contribution in [0.2, 0.25) is 0 Å². The lowest BCUT2D eigenvalue weighted by atomic mass is 10.1. The minimum absolute atomic E-state index is 0.617. The van der Waals surface area contributed by atoms with Crippen molar-refractivity contribution in [1.82, 2.24) is 0 Å². The molecule has 76 valence electrons. The van der Waals surface area contributed by atoms with Gasteiger partial charge >= 0.3 is 0 Å². The lowest BCUT2D eigenvalue weighted by molar-refractivity contribution is -0.107. The Morgan fingerprint density at radius 3 is 2.50 bits per heavy atom. The van der Waals surface area contributed by atoms with Crippen LogP contribution in [0.3, 0.4) is 0 Å². The van der Waals surface area contributed by atoms with Gasteiger partial charge in [-0.2, -0.15) is 0 Å². The highest BCUT2D eigenvalue weighted by Gasteiger charge is 2.01. The van der Waals surface area contributed by atoms with E-state index in [1.54, 1.807) is 23.5 Å². The van der Waals surface area contributed by atoms with E-state index in [9.17, 15) is 4.79 Å². The van der Waals surface area contributed by atoms with Gasteiger partial charge in [-0.3, -0.25) is 0 Å². The fraction of sp³-hybridized carbons (Fsp3) is 0.364. The van der Waals surface area contributed by atoms with Crippen molar-refractivity contribution < 1.29 is 4.79 Å². The molecule has 0 bridgehead atoms. The Balaban J connectivity index is 2.83. The summed E-state index contributed by atoms with van der Waals surface area (Å²) in [5.74, 6) is 0. The van der Waals surface area contributed by atoms with E-state index in [4.69, 9.17) is 0 Å². The molecule has 3 heteroatoms. The Morgan fingerprint density at radius 1 is 1.21 bits per heavy atom. The first-order valence-electron chi connectivity index (χ1n) is 4.46. The molecule has 1 nitrogen and oxygen atoms in total. The van der Waals surface area contributed by atoms with Crippen LogP contribution in [0.5, 0.6) is 0 Å². The molecule has 1 aromatic rings. The molecule has 0 amide bonds. The maximum absolute atomic E-state index is 10.2. The zero-order valence-corrected chi connectivity index (χ0v) is 10.1. The van der Waals surface area contributed by atoms with Gasteiger partial charge in [-0.25, -0.2) is 0 Å². The summed E-state index contributed by atoms with van der Waals surface area (Å²) in [4.78, 5) is 12.9. The van der Waals surface area contributed by atoms with E-state index in [2.05, 4.69) is 30.7 Å². The topological polar surface area (TPSA) is 17.1 Å². The second-order valence-electron chi connectivity index (χ2n) is 2.89. The van der Waals surface area contributed by atoms with Crippen LogP contribution in [0.25, 0.3) is 0 Å². The zero-order valence-electron chi connectivity index (χ0n) is 8.45. The Kier molecular flexibility index (Phi) is 5.12. The van der Waals surface area contributed by atoms with E-state index in [1.165, 1.54) is 15.4 Å². The minimum atomic E-state index is 0.617. The van der Waals surface area contributed by atoms with E-state index in [-0.39, 0.29) is 0 Å². The molecule has 14 heavy (non-hydrogen) atoms. The number of carbonyl (C=O) groups is 1. The van der Waals surface area contributed by atoms with Gasteiger partial charge in [0.1, 0.15) is 6.29 Å². The number of aryl methyl sites for hydroxylation is 1. The highest BCUT2D eigenvalue weighted by atomic mass is 32.2. The largest absolute Gasteiger partial charge is 0.303 e. The van der Waals surface area contributed by atoms with Crippen molar-refractivity contribution in [2.24, 2.45) is 0 Å². The van der Waals surface area contributed by atoms with E-state index in [1.807, 2.05) is 0 Å². The molecule has 0 spiro atoms. The molecular weight excluding hydrogens is 212 g/mol. The van der Waals surface area contributed by atoms with Crippen LogP contribution >= 0.6 is 23.5 Å². The van der Waals surface area contributed by atoms with E-state index >= 15 is 0 Å². The van der Waals surface area contributed by atoms with Gasteiger partial charge in [0.25, 0.3) is 0 Å². The van der Waals surface area contributed by atoms with Crippen LogP contribution in [0.4, 0.5) is 0 Å². The smallest absolute Gasteiger partial charge is 0.120 e. The molecule has 0 unspecified atom stereocenters. The van der Waals surface area contributed by atoms with Gasteiger partial charge in [-0.15, -0.1) is 23.5 Å². The molecule has 0 aliphatic carbocycles. The summed E-state index contributed by atoms with van der Waals surface area (Å²) in [6, 6.07) is 6.42. The van der Waals surface area contributed by atoms with E-state index in [0.717, 1.165) is 12.7 Å². The summed E-state index contributed by atoms with van der Waals surface area (Å²) >= 11 is 3.52. The normalized spacial score (nSPS) is 10.1. The third-order valence-electron chi connectivity index (χ3n) is 2.00. The summed E-state index contributed by atoms with van der Waals surface area (Å²) in [6.07, 6.45) is 6.61. The molecule has 0 saturated heterocycles. The number of rotatable bonds is 5. The molecule has 1 rings (SSSR count). The predicted molar refractivity (Wildman–Crippen MR) is 64.4 cm³/mol. The third kappa shape index (κ3) is 3.07. The fourth-order valence-electron chi connectivity index (χ4n) is 1.26. The van der Waals surface area contributed by atoms with Crippen molar-refractivity contribution in [2.45, 2.75) is 22.6 Å². The zero-order chi connectivity index (χ0) is 10.4. The van der Waals surface area contributed by atoms with E-state index in [0.29, 0.717) is 6.42 Å². The molecule has 0 atom stereocenters. The summed E-state index contributed by atoms with van der Waals surface area (Å²) in [5, 5.41) is 0. The standard InChI is InChI=1S/C11H14OS2/c1-13-10-6-5-9(4-3-7-12)8-11(10)14-2/h5-8H,3-4H2,1-2H3. The Bertz CT molecular complexity index is 310. The Hall–Kier alpha value is -0.410. The minimum Gasteiger partial charge on any atom is -0.303 e. The Labute approximate surface area is 93.7 Å². The van der Waals surface area contributed by atoms with Gasteiger partial charge < -0.3 is 4.79 Å². The number of aldehydes is 1. The average Bonchev–Trinajstić information content (AvgIpc) is 2.25. The van der Waals surface area contributed by atoms with Crippen LogP contribution < -0.4 is 0 Å². The molecular formula is C11H14OS2. The van der Waals surface area contributed by atoms with Gasteiger partial charge in [-0.1, -0.05) is 6.07 Å². The molecule has 1 aromatic carbocycles. The first-order chi connectivity index (χ1) is 6.81. The molecule has 0 aliphatic heterocycles. The second-order valence-corrected chi connectivity index (χ2v) is 4.59. The molecule has 0 aliphatic rings. The monoisotopic (exact) mass is 226 g/mol. The van der Waals surface area contributed by atoms with Crippen molar-refractivity contribution in [3.8, 4) is 0 Å². The van der Waals surface area contributed by atoms with Crippen LogP contribution in [0.1, 0.15) is 12.0 Å².